The lowest BCUT2D eigenvalue weighted by Gasteiger charge is -2.22. The second-order valence-corrected chi connectivity index (χ2v) is 6.75. The molecule has 0 aromatic carbocycles. The summed E-state index contributed by atoms with van der Waals surface area (Å²) in [6.45, 7) is 6.03. The summed E-state index contributed by atoms with van der Waals surface area (Å²) in [6.07, 6.45) is 3.01. The quantitative estimate of drug-likeness (QED) is 0.821. The number of aromatic nitrogens is 1. The first-order valence-electron chi connectivity index (χ1n) is 8.02. The monoisotopic (exact) mass is 331 g/mol. The molecular weight excluding hydrogens is 310 g/mol. The maximum absolute atomic E-state index is 12.7. The fraction of sp³-hybridized carbons (Fsp3) is 0.471. The molecule has 3 amide bonds. The van der Waals surface area contributed by atoms with Crippen molar-refractivity contribution in [2.45, 2.75) is 45.7 Å². The Morgan fingerprint density at radius 3 is 2.79 bits per heavy atom. The molecule has 0 spiro atoms. The van der Waals surface area contributed by atoms with Crippen molar-refractivity contribution >= 4 is 11.9 Å². The predicted molar refractivity (Wildman–Crippen MR) is 85.8 cm³/mol. The maximum Gasteiger partial charge on any atom is 0.325 e. The molecule has 0 aliphatic carbocycles. The third-order valence-electron chi connectivity index (χ3n) is 4.21. The van der Waals surface area contributed by atoms with Crippen molar-refractivity contribution in [1.82, 2.24) is 15.4 Å². The SMILES string of the molecule is CC(C)CC[C@]1(C)NC(=O)N(Cc2cc(-c3ccco3)on2)C1=O. The van der Waals surface area contributed by atoms with Crippen LogP contribution >= 0.6 is 0 Å². The van der Waals surface area contributed by atoms with Crippen molar-refractivity contribution in [3.05, 3.63) is 30.2 Å². The smallest absolute Gasteiger partial charge is 0.325 e. The van der Waals surface area contributed by atoms with E-state index in [2.05, 4.69) is 24.3 Å². The number of rotatable bonds is 6. The highest BCUT2D eigenvalue weighted by Gasteiger charge is 2.47. The normalized spacial score (nSPS) is 20.9. The zero-order valence-corrected chi connectivity index (χ0v) is 14.0. The van der Waals surface area contributed by atoms with Gasteiger partial charge in [-0.05, 0) is 37.8 Å². The summed E-state index contributed by atoms with van der Waals surface area (Å²) in [4.78, 5) is 26.0. The van der Waals surface area contributed by atoms with Crippen LogP contribution in [0.4, 0.5) is 4.79 Å². The van der Waals surface area contributed by atoms with Crippen LogP contribution in [0.2, 0.25) is 0 Å². The molecule has 2 aromatic rings. The van der Waals surface area contributed by atoms with Crippen molar-refractivity contribution in [2.24, 2.45) is 5.92 Å². The van der Waals surface area contributed by atoms with Crippen molar-refractivity contribution in [1.29, 1.82) is 0 Å². The fourth-order valence-corrected chi connectivity index (χ4v) is 2.72. The van der Waals surface area contributed by atoms with E-state index in [9.17, 15) is 9.59 Å². The number of imide groups is 1. The molecule has 1 saturated heterocycles. The van der Waals surface area contributed by atoms with Crippen molar-refractivity contribution < 1.29 is 18.5 Å². The second kappa shape index (κ2) is 6.14. The number of amides is 3. The first kappa shape index (κ1) is 16.3. The molecule has 1 fully saturated rings. The molecule has 7 nitrogen and oxygen atoms in total. The van der Waals surface area contributed by atoms with E-state index >= 15 is 0 Å². The number of carbonyl (C=O) groups excluding carboxylic acids is 2. The molecule has 7 heteroatoms. The van der Waals surface area contributed by atoms with E-state index in [0.29, 0.717) is 29.6 Å². The number of urea groups is 1. The molecule has 3 rings (SSSR count). The first-order valence-corrected chi connectivity index (χ1v) is 8.02. The summed E-state index contributed by atoms with van der Waals surface area (Å²) in [5.74, 6) is 1.25. The van der Waals surface area contributed by atoms with Gasteiger partial charge in [-0.1, -0.05) is 19.0 Å². The molecule has 0 saturated carbocycles. The minimum atomic E-state index is -0.852. The van der Waals surface area contributed by atoms with E-state index in [4.69, 9.17) is 8.94 Å². The molecule has 1 aliphatic heterocycles. The van der Waals surface area contributed by atoms with E-state index in [1.165, 1.54) is 11.2 Å². The Labute approximate surface area is 140 Å². The Morgan fingerprint density at radius 2 is 2.12 bits per heavy atom. The second-order valence-electron chi connectivity index (χ2n) is 6.75. The number of hydrogen-bond donors (Lipinski definition) is 1. The van der Waals surface area contributed by atoms with Crippen molar-refractivity contribution in [2.75, 3.05) is 0 Å². The van der Waals surface area contributed by atoms with E-state index in [0.717, 1.165) is 6.42 Å². The van der Waals surface area contributed by atoms with Crippen LogP contribution in [0.1, 0.15) is 39.3 Å². The van der Waals surface area contributed by atoms with Gasteiger partial charge in [0.15, 0.2) is 5.76 Å². The van der Waals surface area contributed by atoms with E-state index in [1.54, 1.807) is 25.1 Å². The zero-order chi connectivity index (χ0) is 17.3. The highest BCUT2D eigenvalue weighted by atomic mass is 16.5. The van der Waals surface area contributed by atoms with Gasteiger partial charge in [-0.3, -0.25) is 9.69 Å². The van der Waals surface area contributed by atoms with Gasteiger partial charge in [-0.2, -0.15) is 0 Å². The minimum absolute atomic E-state index is 0.0755. The summed E-state index contributed by atoms with van der Waals surface area (Å²) >= 11 is 0. The van der Waals surface area contributed by atoms with E-state index in [1.807, 2.05) is 0 Å². The Morgan fingerprint density at radius 1 is 1.33 bits per heavy atom. The Kier molecular flexibility index (Phi) is 4.17. The first-order chi connectivity index (χ1) is 11.4. The molecule has 0 radical (unpaired) electrons. The maximum atomic E-state index is 12.7. The lowest BCUT2D eigenvalue weighted by molar-refractivity contribution is -0.131. The predicted octanol–water partition coefficient (Wildman–Crippen LogP) is 3.18. The van der Waals surface area contributed by atoms with Crippen LogP contribution in [-0.4, -0.2) is 27.5 Å². The van der Waals surface area contributed by atoms with Crippen LogP contribution in [-0.2, 0) is 11.3 Å². The topological polar surface area (TPSA) is 88.6 Å². The summed E-state index contributed by atoms with van der Waals surface area (Å²) in [6, 6.07) is 4.77. The standard InChI is InChI=1S/C17H21N3O4/c1-11(2)6-7-17(3)15(21)20(16(22)18-17)10-12-9-14(24-19-12)13-5-4-8-23-13/h4-5,8-9,11H,6-7,10H2,1-3H3,(H,18,22)/t17-/m0/s1. The van der Waals surface area contributed by atoms with Crippen LogP contribution < -0.4 is 5.32 Å². The number of nitrogens with zero attached hydrogens (tertiary/aromatic N) is 2. The molecule has 1 atom stereocenters. The van der Waals surface area contributed by atoms with Gasteiger partial charge in [0.05, 0.1) is 12.8 Å². The molecule has 3 heterocycles. The van der Waals surface area contributed by atoms with Gasteiger partial charge >= 0.3 is 6.03 Å². The Hall–Kier alpha value is -2.57. The fourth-order valence-electron chi connectivity index (χ4n) is 2.72. The summed E-state index contributed by atoms with van der Waals surface area (Å²) in [5, 5.41) is 6.72. The van der Waals surface area contributed by atoms with Crippen LogP contribution in [0.5, 0.6) is 0 Å². The molecule has 0 bridgehead atoms. The van der Waals surface area contributed by atoms with E-state index < -0.39 is 11.6 Å². The van der Waals surface area contributed by atoms with E-state index in [-0.39, 0.29) is 12.5 Å². The Bertz CT molecular complexity index is 735. The minimum Gasteiger partial charge on any atom is -0.461 e. The summed E-state index contributed by atoms with van der Waals surface area (Å²) in [5.41, 5.74) is -0.354. The average molecular weight is 331 g/mol. The largest absolute Gasteiger partial charge is 0.461 e. The molecule has 1 aliphatic rings. The van der Waals surface area contributed by atoms with Crippen molar-refractivity contribution in [3.8, 4) is 11.5 Å². The number of furan rings is 1. The van der Waals surface area contributed by atoms with Gasteiger partial charge in [0.1, 0.15) is 11.2 Å². The van der Waals surface area contributed by atoms with Gasteiger partial charge in [-0.15, -0.1) is 0 Å². The van der Waals surface area contributed by atoms with Gasteiger partial charge in [0.2, 0.25) is 5.76 Å². The molecule has 2 aromatic heterocycles. The molecule has 24 heavy (non-hydrogen) atoms. The lowest BCUT2D eigenvalue weighted by Crippen LogP contribution is -2.44. The molecule has 0 unspecified atom stereocenters. The van der Waals surface area contributed by atoms with Crippen LogP contribution in [0.25, 0.3) is 11.5 Å². The van der Waals surface area contributed by atoms with Crippen LogP contribution in [0, 0.1) is 5.92 Å². The van der Waals surface area contributed by atoms with Crippen LogP contribution in [0.15, 0.2) is 33.4 Å². The van der Waals surface area contributed by atoms with Crippen molar-refractivity contribution in [3.63, 3.8) is 0 Å². The van der Waals surface area contributed by atoms with Gasteiger partial charge in [-0.25, -0.2) is 4.79 Å². The summed E-state index contributed by atoms with van der Waals surface area (Å²) < 4.78 is 10.4. The lowest BCUT2D eigenvalue weighted by atomic mass is 9.92. The number of nitrogens with one attached hydrogen (secondary N) is 1. The zero-order valence-electron chi connectivity index (χ0n) is 14.0. The number of carbonyl (C=O) groups is 2. The number of hydrogen-bond acceptors (Lipinski definition) is 5. The van der Waals surface area contributed by atoms with Gasteiger partial charge in [0, 0.05) is 6.07 Å². The average Bonchev–Trinajstić information content (AvgIpc) is 3.23. The molecular formula is C17H21N3O4. The van der Waals surface area contributed by atoms with Gasteiger partial charge < -0.3 is 14.3 Å². The molecule has 128 valence electrons. The van der Waals surface area contributed by atoms with Crippen LogP contribution in [0.3, 0.4) is 0 Å². The highest BCUT2D eigenvalue weighted by molar-refractivity contribution is 6.06. The summed E-state index contributed by atoms with van der Waals surface area (Å²) in [7, 11) is 0. The Balaban J connectivity index is 1.71. The highest BCUT2D eigenvalue weighted by Crippen LogP contribution is 2.27. The third-order valence-corrected chi connectivity index (χ3v) is 4.21. The van der Waals surface area contributed by atoms with Gasteiger partial charge in [0.25, 0.3) is 5.91 Å². The third kappa shape index (κ3) is 3.06. The molecule has 1 N–H and O–H groups in total.